The molecular weight excluding hydrogens is 356 g/mol. The van der Waals surface area contributed by atoms with Gasteiger partial charge in [0.05, 0.1) is 5.56 Å². The van der Waals surface area contributed by atoms with Gasteiger partial charge in [0, 0.05) is 32.2 Å². The van der Waals surface area contributed by atoms with Crippen LogP contribution in [0, 0.1) is 19.8 Å². The van der Waals surface area contributed by atoms with Gasteiger partial charge in [0.2, 0.25) is 11.4 Å². The molecule has 29 heavy (non-hydrogen) atoms. The molecule has 3 heterocycles. The van der Waals surface area contributed by atoms with Crippen LogP contribution in [0.25, 0.3) is 33.3 Å². The van der Waals surface area contributed by atoms with Crippen LogP contribution >= 0.6 is 0 Å². The highest BCUT2D eigenvalue weighted by Gasteiger charge is 2.23. The number of fused-ring (bicyclic) bond motifs is 3. The molecule has 0 aliphatic rings. The first-order valence-corrected chi connectivity index (χ1v) is 10.2. The number of aromatic nitrogens is 2. The van der Waals surface area contributed by atoms with Gasteiger partial charge in [-0.25, -0.2) is 9.55 Å². The lowest BCUT2D eigenvalue weighted by atomic mass is 9.95. The normalized spacial score (nSPS) is 14.4. The van der Waals surface area contributed by atoms with E-state index in [1.165, 1.54) is 0 Å². The lowest BCUT2D eigenvalue weighted by Crippen LogP contribution is -2.32. The molecule has 0 bridgehead atoms. The van der Waals surface area contributed by atoms with Gasteiger partial charge in [0.25, 0.3) is 0 Å². The summed E-state index contributed by atoms with van der Waals surface area (Å²) < 4.78 is 33.6. The van der Waals surface area contributed by atoms with Gasteiger partial charge < -0.3 is 4.42 Å². The highest BCUT2D eigenvalue weighted by atomic mass is 16.3. The Bertz CT molecular complexity index is 1350. The number of hydrogen-bond donors (Lipinski definition) is 0. The van der Waals surface area contributed by atoms with E-state index in [1.807, 2.05) is 60.0 Å². The molecule has 0 aliphatic carbocycles. The minimum absolute atomic E-state index is 0.198. The Hall–Kier alpha value is -2.68. The van der Waals surface area contributed by atoms with Crippen molar-refractivity contribution in [2.24, 2.45) is 13.0 Å². The fraction of sp³-hybridized carbons (Fsp3) is 0.385. The van der Waals surface area contributed by atoms with E-state index in [2.05, 4.69) is 28.6 Å². The zero-order valence-electron chi connectivity index (χ0n) is 21.3. The van der Waals surface area contributed by atoms with Crippen LogP contribution in [-0.4, -0.2) is 4.98 Å². The van der Waals surface area contributed by atoms with Gasteiger partial charge in [-0.1, -0.05) is 39.8 Å². The number of rotatable bonds is 4. The van der Waals surface area contributed by atoms with Crippen molar-refractivity contribution in [1.82, 2.24) is 4.98 Å². The van der Waals surface area contributed by atoms with Crippen LogP contribution in [0.4, 0.5) is 0 Å². The largest absolute Gasteiger partial charge is 0.437 e. The van der Waals surface area contributed by atoms with Crippen LogP contribution in [-0.2, 0) is 13.4 Å². The summed E-state index contributed by atoms with van der Waals surface area (Å²) in [5, 5.41) is 1.85. The van der Waals surface area contributed by atoms with Crippen molar-refractivity contribution in [3.8, 4) is 11.3 Å². The van der Waals surface area contributed by atoms with Gasteiger partial charge in [-0.2, -0.15) is 0 Å². The predicted octanol–water partition coefficient (Wildman–Crippen LogP) is 6.41. The Morgan fingerprint density at radius 2 is 1.79 bits per heavy atom. The van der Waals surface area contributed by atoms with E-state index in [0.29, 0.717) is 11.4 Å². The van der Waals surface area contributed by atoms with Crippen LogP contribution in [0.3, 0.4) is 0 Å². The molecular formula is C26H31N2O+. The summed E-state index contributed by atoms with van der Waals surface area (Å²) in [4.78, 5) is 4.58. The van der Waals surface area contributed by atoms with Crippen molar-refractivity contribution >= 4 is 22.1 Å². The Kier molecular flexibility index (Phi) is 4.06. The molecule has 0 atom stereocenters. The fourth-order valence-corrected chi connectivity index (χ4v) is 4.04. The van der Waals surface area contributed by atoms with Crippen LogP contribution in [0.2, 0.25) is 0 Å². The fourth-order valence-electron chi connectivity index (χ4n) is 4.04. The predicted molar refractivity (Wildman–Crippen MR) is 120 cm³/mol. The van der Waals surface area contributed by atoms with Gasteiger partial charge in [0.1, 0.15) is 7.05 Å². The minimum Gasteiger partial charge on any atom is -0.437 e. The van der Waals surface area contributed by atoms with E-state index in [1.54, 1.807) is 6.07 Å². The Balaban J connectivity index is 1.99. The van der Waals surface area contributed by atoms with Crippen molar-refractivity contribution < 1.29 is 13.1 Å². The summed E-state index contributed by atoms with van der Waals surface area (Å²) in [5.41, 5.74) is 6.74. The zero-order valence-corrected chi connectivity index (χ0v) is 18.3. The molecule has 0 radical (unpaired) electrons. The van der Waals surface area contributed by atoms with Gasteiger partial charge in [-0.05, 0) is 55.3 Å². The van der Waals surface area contributed by atoms with E-state index < -0.39 is 12.3 Å². The maximum atomic E-state index is 8.46. The SMILES string of the molecule is [2H]C(C)(C)c1c[n+](C)c(-c2c(C)ccc3c2oc2nc(C([2H])([2H])C(C)C)ccc23)cc1C. The van der Waals surface area contributed by atoms with Gasteiger partial charge in [-0.3, -0.25) is 0 Å². The maximum absolute atomic E-state index is 8.46. The molecule has 3 nitrogen and oxygen atoms in total. The molecule has 0 aliphatic heterocycles. The first-order valence-electron chi connectivity index (χ1n) is 11.7. The van der Waals surface area contributed by atoms with Crippen molar-refractivity contribution in [1.29, 1.82) is 0 Å². The summed E-state index contributed by atoms with van der Waals surface area (Å²) in [6.45, 7) is 11.6. The molecule has 0 spiro atoms. The molecule has 0 amide bonds. The van der Waals surface area contributed by atoms with Crippen molar-refractivity contribution in [3.05, 3.63) is 58.9 Å². The molecule has 0 N–H and O–H groups in total. The number of benzene rings is 1. The first-order chi connectivity index (χ1) is 14.8. The molecule has 0 saturated carbocycles. The molecule has 150 valence electrons. The van der Waals surface area contributed by atoms with Crippen LogP contribution < -0.4 is 4.57 Å². The number of pyridine rings is 2. The maximum Gasteiger partial charge on any atom is 0.227 e. The Morgan fingerprint density at radius 1 is 1.07 bits per heavy atom. The van der Waals surface area contributed by atoms with Gasteiger partial charge >= 0.3 is 0 Å². The van der Waals surface area contributed by atoms with Crippen LogP contribution in [0.5, 0.6) is 0 Å². The zero-order chi connectivity index (χ0) is 23.6. The molecule has 1 aromatic carbocycles. The van der Waals surface area contributed by atoms with Gasteiger partial charge in [-0.15, -0.1) is 0 Å². The smallest absolute Gasteiger partial charge is 0.227 e. The highest BCUT2D eigenvalue weighted by Crippen LogP contribution is 2.37. The average molecular weight is 391 g/mol. The quantitative estimate of drug-likeness (QED) is 0.377. The van der Waals surface area contributed by atoms with E-state index in [-0.39, 0.29) is 5.92 Å². The summed E-state index contributed by atoms with van der Waals surface area (Å²) in [7, 11) is 2.00. The second-order valence-electron chi connectivity index (χ2n) is 8.45. The molecule has 3 heteroatoms. The summed E-state index contributed by atoms with van der Waals surface area (Å²) in [6.07, 6.45) is 0.500. The van der Waals surface area contributed by atoms with E-state index in [0.717, 1.165) is 44.3 Å². The molecule has 3 aromatic heterocycles. The van der Waals surface area contributed by atoms with E-state index in [4.69, 9.17) is 8.53 Å². The third kappa shape index (κ3) is 3.43. The second kappa shape index (κ2) is 7.29. The number of furan rings is 1. The Labute approximate surface area is 177 Å². The summed E-state index contributed by atoms with van der Waals surface area (Å²) in [5.74, 6) is -0.882. The average Bonchev–Trinajstić information content (AvgIpc) is 3.06. The van der Waals surface area contributed by atoms with Gasteiger partial charge in [0.15, 0.2) is 11.8 Å². The van der Waals surface area contributed by atoms with Crippen molar-refractivity contribution in [2.45, 2.75) is 53.8 Å². The topological polar surface area (TPSA) is 29.9 Å². The Morgan fingerprint density at radius 3 is 2.48 bits per heavy atom. The third-order valence-corrected chi connectivity index (χ3v) is 5.43. The summed E-state index contributed by atoms with van der Waals surface area (Å²) >= 11 is 0. The number of hydrogen-bond acceptors (Lipinski definition) is 2. The monoisotopic (exact) mass is 390 g/mol. The first kappa shape index (κ1) is 16.2. The molecule has 0 saturated heterocycles. The lowest BCUT2D eigenvalue weighted by molar-refractivity contribution is -0.660. The standard InChI is InChI=1S/C26H31N2O/c1-15(2)12-19-9-11-21-20-10-8-17(5)24(25(20)29-26(21)27-19)23-13-18(6)22(16(3)4)14-28(23)7/h8-11,13-16H,12H2,1-7H3/q+1/i12D2,16D. The second-order valence-corrected chi connectivity index (χ2v) is 8.45. The third-order valence-electron chi connectivity index (χ3n) is 5.43. The summed E-state index contributed by atoms with van der Waals surface area (Å²) in [6, 6.07) is 9.95. The van der Waals surface area contributed by atoms with Crippen LogP contribution in [0.1, 0.15) is 60.1 Å². The van der Waals surface area contributed by atoms with E-state index >= 15 is 0 Å². The molecule has 0 fully saturated rings. The van der Waals surface area contributed by atoms with Crippen molar-refractivity contribution in [2.75, 3.05) is 0 Å². The molecule has 4 rings (SSSR count). The van der Waals surface area contributed by atoms with Crippen LogP contribution in [0.15, 0.2) is 40.9 Å². The number of aryl methyl sites for hydroxylation is 3. The highest BCUT2D eigenvalue weighted by molar-refractivity contribution is 6.08. The molecule has 4 aromatic rings. The minimum atomic E-state index is -1.53. The van der Waals surface area contributed by atoms with Crippen molar-refractivity contribution in [3.63, 3.8) is 0 Å². The number of nitrogens with zero attached hydrogens (tertiary/aromatic N) is 2. The lowest BCUT2D eigenvalue weighted by Gasteiger charge is -2.11. The molecule has 0 unspecified atom stereocenters. The van der Waals surface area contributed by atoms with E-state index in [9.17, 15) is 0 Å².